The lowest BCUT2D eigenvalue weighted by Gasteiger charge is -2.11. The van der Waals surface area contributed by atoms with Crippen molar-refractivity contribution < 1.29 is 14.9 Å². The topological polar surface area (TPSA) is 49.4 Å². The highest BCUT2D eigenvalue weighted by molar-refractivity contribution is 5.96. The monoisotopic (exact) mass is 180 g/mol. The van der Waals surface area contributed by atoms with Crippen LogP contribution in [0.5, 0.6) is 5.75 Å². The van der Waals surface area contributed by atoms with E-state index in [1.54, 1.807) is 32.3 Å². The van der Waals surface area contributed by atoms with Gasteiger partial charge in [-0.2, -0.15) is 0 Å². The van der Waals surface area contributed by atoms with Crippen LogP contribution < -0.4 is 4.89 Å². The molecule has 0 saturated heterocycles. The van der Waals surface area contributed by atoms with Gasteiger partial charge in [-0.3, -0.25) is 4.79 Å². The van der Waals surface area contributed by atoms with E-state index in [4.69, 9.17) is 0 Å². The molecular formula is C9H10NO3. The van der Waals surface area contributed by atoms with Gasteiger partial charge in [-0.25, -0.2) is 0 Å². The molecular weight excluding hydrogens is 170 g/mol. The van der Waals surface area contributed by atoms with Gasteiger partial charge in [0.15, 0.2) is 5.75 Å². The molecule has 0 bridgehead atoms. The highest BCUT2D eigenvalue weighted by Gasteiger charge is 2.13. The van der Waals surface area contributed by atoms with Crippen molar-refractivity contribution >= 4 is 5.91 Å². The fourth-order valence-corrected chi connectivity index (χ4v) is 0.957. The Morgan fingerprint density at radius 3 is 2.46 bits per heavy atom. The van der Waals surface area contributed by atoms with E-state index in [9.17, 15) is 10.1 Å². The Labute approximate surface area is 76.3 Å². The first kappa shape index (κ1) is 9.54. The van der Waals surface area contributed by atoms with Gasteiger partial charge < -0.3 is 9.79 Å². The maximum atomic E-state index is 11.4. The Bertz CT molecular complexity index is 309. The molecule has 0 aromatic heterocycles. The van der Waals surface area contributed by atoms with E-state index in [0.717, 1.165) is 0 Å². The molecule has 1 radical (unpaired) electrons. The molecule has 0 unspecified atom stereocenters. The summed E-state index contributed by atoms with van der Waals surface area (Å²) >= 11 is 0. The van der Waals surface area contributed by atoms with Gasteiger partial charge in [-0.1, -0.05) is 12.1 Å². The molecule has 1 aromatic rings. The maximum absolute atomic E-state index is 11.4. The summed E-state index contributed by atoms with van der Waals surface area (Å²) in [6.45, 7) is 0. The Kier molecular flexibility index (Phi) is 2.87. The largest absolute Gasteiger partial charge is 0.345 e. The molecule has 0 spiro atoms. The predicted octanol–water partition coefficient (Wildman–Crippen LogP) is 1.11. The average Bonchev–Trinajstić information content (AvgIpc) is 2.16. The molecule has 1 rings (SSSR count). The molecule has 0 saturated carbocycles. The van der Waals surface area contributed by atoms with Gasteiger partial charge in [0.2, 0.25) is 0 Å². The number of carbonyl (C=O) groups is 1. The normalized spacial score (nSPS) is 9.46. The minimum atomic E-state index is -0.244. The molecule has 1 amide bonds. The lowest BCUT2D eigenvalue weighted by molar-refractivity contribution is -0.208. The summed E-state index contributed by atoms with van der Waals surface area (Å²) in [6.07, 6.45) is 0. The van der Waals surface area contributed by atoms with Crippen LogP contribution in [0.2, 0.25) is 0 Å². The van der Waals surface area contributed by atoms with Crippen LogP contribution in [0, 0.1) is 0 Å². The first-order valence-electron chi connectivity index (χ1n) is 3.77. The first-order chi connectivity index (χ1) is 6.16. The number of nitrogens with zero attached hydrogens (tertiary/aromatic N) is 1. The second-order valence-corrected chi connectivity index (χ2v) is 2.78. The lowest BCUT2D eigenvalue weighted by Crippen LogP contribution is -2.22. The number of hydrogen-bond donors (Lipinski definition) is 0. The molecule has 0 fully saturated rings. The van der Waals surface area contributed by atoms with Crippen LogP contribution in [0.1, 0.15) is 10.4 Å². The van der Waals surface area contributed by atoms with Crippen molar-refractivity contribution in [3.63, 3.8) is 0 Å². The van der Waals surface area contributed by atoms with Gasteiger partial charge in [-0.15, -0.1) is 0 Å². The van der Waals surface area contributed by atoms with Crippen LogP contribution in [0.25, 0.3) is 0 Å². The number of carbonyl (C=O) groups excluding carboxylic acids is 1. The van der Waals surface area contributed by atoms with Crippen LogP contribution in [0.3, 0.4) is 0 Å². The molecule has 4 nitrogen and oxygen atoms in total. The van der Waals surface area contributed by atoms with Crippen LogP contribution in [0.4, 0.5) is 0 Å². The minimum Gasteiger partial charge on any atom is -0.345 e. The van der Waals surface area contributed by atoms with E-state index in [1.807, 2.05) is 0 Å². The van der Waals surface area contributed by atoms with Gasteiger partial charge in [0.1, 0.15) is 0 Å². The predicted molar refractivity (Wildman–Crippen MR) is 45.8 cm³/mol. The molecule has 69 valence electrons. The molecule has 0 atom stereocenters. The highest BCUT2D eigenvalue weighted by Crippen LogP contribution is 2.18. The van der Waals surface area contributed by atoms with Gasteiger partial charge in [0.25, 0.3) is 5.91 Å². The summed E-state index contributed by atoms with van der Waals surface area (Å²) in [5.41, 5.74) is 0.280. The van der Waals surface area contributed by atoms with Gasteiger partial charge in [0, 0.05) is 19.4 Å². The Morgan fingerprint density at radius 2 is 1.92 bits per heavy atom. The van der Waals surface area contributed by atoms with Gasteiger partial charge in [0.05, 0.1) is 5.56 Å². The highest BCUT2D eigenvalue weighted by atomic mass is 17.1. The van der Waals surface area contributed by atoms with Crippen molar-refractivity contribution in [1.29, 1.82) is 0 Å². The zero-order chi connectivity index (χ0) is 9.84. The zero-order valence-electron chi connectivity index (χ0n) is 7.48. The van der Waals surface area contributed by atoms with E-state index >= 15 is 0 Å². The summed E-state index contributed by atoms with van der Waals surface area (Å²) in [5, 5.41) is 10.2. The molecule has 1 aromatic carbocycles. The molecule has 4 heteroatoms. The maximum Gasteiger partial charge on any atom is 0.257 e. The number of rotatable bonds is 2. The van der Waals surface area contributed by atoms with E-state index in [0.29, 0.717) is 0 Å². The fraction of sp³-hybridized carbons (Fsp3) is 0.222. The van der Waals surface area contributed by atoms with Crippen molar-refractivity contribution in [2.75, 3.05) is 14.1 Å². The van der Waals surface area contributed by atoms with E-state index in [2.05, 4.69) is 4.89 Å². The van der Waals surface area contributed by atoms with Crippen molar-refractivity contribution in [3.05, 3.63) is 29.8 Å². The minimum absolute atomic E-state index is 0.0567. The van der Waals surface area contributed by atoms with Crippen molar-refractivity contribution in [2.24, 2.45) is 0 Å². The first-order valence-corrected chi connectivity index (χ1v) is 3.77. The van der Waals surface area contributed by atoms with E-state index < -0.39 is 0 Å². The molecule has 13 heavy (non-hydrogen) atoms. The van der Waals surface area contributed by atoms with E-state index in [1.165, 1.54) is 11.0 Å². The van der Waals surface area contributed by atoms with Crippen molar-refractivity contribution in [1.82, 2.24) is 4.90 Å². The second kappa shape index (κ2) is 3.91. The standard InChI is InChI=1S/C9H10NO3/c1-10(2)9(11)7-5-3-4-6-8(7)13-12/h3-6H,1-2H3. The Hall–Kier alpha value is -1.55. The number of hydrogen-bond acceptors (Lipinski definition) is 2. The van der Waals surface area contributed by atoms with Crippen LogP contribution >= 0.6 is 0 Å². The zero-order valence-corrected chi connectivity index (χ0v) is 7.48. The molecule has 0 heterocycles. The summed E-state index contributed by atoms with van der Waals surface area (Å²) in [6, 6.07) is 6.33. The molecule has 0 aliphatic heterocycles. The number of amides is 1. The number of para-hydroxylation sites is 1. The summed E-state index contributed by atoms with van der Waals surface area (Å²) in [4.78, 5) is 16.6. The lowest BCUT2D eigenvalue weighted by atomic mass is 10.2. The Balaban J connectivity index is 3.06. The van der Waals surface area contributed by atoms with Gasteiger partial charge in [-0.05, 0) is 12.1 Å². The van der Waals surface area contributed by atoms with Crippen LogP contribution in [-0.4, -0.2) is 24.9 Å². The quantitative estimate of drug-likeness (QED) is 0.505. The second-order valence-electron chi connectivity index (χ2n) is 2.78. The average molecular weight is 180 g/mol. The van der Waals surface area contributed by atoms with Gasteiger partial charge >= 0.3 is 0 Å². The van der Waals surface area contributed by atoms with Crippen molar-refractivity contribution in [3.8, 4) is 5.75 Å². The summed E-state index contributed by atoms with van der Waals surface area (Å²) < 4.78 is 0. The Morgan fingerprint density at radius 1 is 1.31 bits per heavy atom. The SMILES string of the molecule is CN(C)C(=O)c1ccccc1O[O]. The molecule has 0 aliphatic rings. The summed E-state index contributed by atoms with van der Waals surface area (Å²) in [7, 11) is 3.23. The molecule has 0 N–H and O–H groups in total. The van der Waals surface area contributed by atoms with Crippen LogP contribution in [-0.2, 0) is 5.26 Å². The number of benzene rings is 1. The third kappa shape index (κ3) is 1.97. The van der Waals surface area contributed by atoms with Crippen LogP contribution in [0.15, 0.2) is 24.3 Å². The third-order valence-electron chi connectivity index (χ3n) is 1.61. The van der Waals surface area contributed by atoms with E-state index in [-0.39, 0.29) is 17.2 Å². The van der Waals surface area contributed by atoms with Crippen molar-refractivity contribution in [2.45, 2.75) is 0 Å². The smallest absolute Gasteiger partial charge is 0.257 e. The molecule has 0 aliphatic carbocycles. The fourth-order valence-electron chi connectivity index (χ4n) is 0.957. The third-order valence-corrected chi connectivity index (χ3v) is 1.61. The summed E-state index contributed by atoms with van der Waals surface area (Å²) in [5.74, 6) is -0.187.